The largest absolute Gasteiger partial charge is 0.457 e. The van der Waals surface area contributed by atoms with Crippen molar-refractivity contribution in [1.29, 1.82) is 0 Å². The van der Waals surface area contributed by atoms with Crippen LogP contribution in [0.5, 0.6) is 11.5 Å². The van der Waals surface area contributed by atoms with E-state index in [0.717, 1.165) is 35.5 Å². The van der Waals surface area contributed by atoms with Gasteiger partial charge >= 0.3 is 0 Å². The van der Waals surface area contributed by atoms with Crippen LogP contribution in [-0.2, 0) is 10.2 Å². The number of carbonyl (C=O) groups excluding carboxylic acids is 1. The van der Waals surface area contributed by atoms with Crippen LogP contribution in [0, 0.1) is 0 Å². The van der Waals surface area contributed by atoms with Crippen LogP contribution in [0.15, 0.2) is 65.4 Å². The van der Waals surface area contributed by atoms with Gasteiger partial charge in [-0.15, -0.1) is 0 Å². The first-order valence-electron chi connectivity index (χ1n) is 8.93. The molecule has 0 saturated heterocycles. The number of ether oxygens (including phenoxy) is 1. The van der Waals surface area contributed by atoms with Crippen LogP contribution in [0.2, 0.25) is 0 Å². The van der Waals surface area contributed by atoms with Gasteiger partial charge in [0.15, 0.2) is 0 Å². The van der Waals surface area contributed by atoms with Gasteiger partial charge < -0.3 is 10.1 Å². The number of amides is 1. The number of thiophene rings is 1. The highest BCUT2D eigenvalue weighted by atomic mass is 32.1. The van der Waals surface area contributed by atoms with Gasteiger partial charge in [0.1, 0.15) is 11.5 Å². The average Bonchev–Trinajstić information content (AvgIpc) is 3.26. The number of nitrogens with one attached hydrogen (secondary N) is 1. The van der Waals surface area contributed by atoms with E-state index >= 15 is 0 Å². The van der Waals surface area contributed by atoms with Gasteiger partial charge in [0, 0.05) is 23.1 Å². The summed E-state index contributed by atoms with van der Waals surface area (Å²) in [5, 5.41) is 7.56. The molecule has 1 saturated carbocycles. The van der Waals surface area contributed by atoms with Crippen LogP contribution in [0.25, 0.3) is 0 Å². The molecule has 1 fully saturated rings. The van der Waals surface area contributed by atoms with E-state index < -0.39 is 0 Å². The van der Waals surface area contributed by atoms with Gasteiger partial charge in [-0.3, -0.25) is 4.79 Å². The molecular formula is C22H19NO2S. The lowest BCUT2D eigenvalue weighted by atomic mass is 9.87. The van der Waals surface area contributed by atoms with E-state index in [2.05, 4.69) is 22.1 Å². The van der Waals surface area contributed by atoms with Crippen LogP contribution in [0.1, 0.15) is 35.4 Å². The van der Waals surface area contributed by atoms with Crippen molar-refractivity contribution in [1.82, 2.24) is 5.32 Å². The monoisotopic (exact) mass is 361 g/mol. The number of benzene rings is 2. The van der Waals surface area contributed by atoms with Crippen molar-refractivity contribution >= 4 is 17.2 Å². The maximum atomic E-state index is 13.2. The molecule has 0 atom stereocenters. The van der Waals surface area contributed by atoms with Crippen molar-refractivity contribution in [3.63, 3.8) is 0 Å². The predicted octanol–water partition coefficient (Wildman–Crippen LogP) is 4.83. The van der Waals surface area contributed by atoms with E-state index in [0.29, 0.717) is 6.54 Å². The Labute approximate surface area is 156 Å². The van der Waals surface area contributed by atoms with Crippen LogP contribution < -0.4 is 10.1 Å². The van der Waals surface area contributed by atoms with Crippen molar-refractivity contribution in [3.8, 4) is 11.5 Å². The maximum absolute atomic E-state index is 13.2. The third kappa shape index (κ3) is 2.53. The molecule has 1 amide bonds. The zero-order valence-electron chi connectivity index (χ0n) is 14.3. The summed E-state index contributed by atoms with van der Waals surface area (Å²) in [7, 11) is 0. The molecule has 1 aliphatic carbocycles. The summed E-state index contributed by atoms with van der Waals surface area (Å²) in [6.07, 6.45) is 2.29. The summed E-state index contributed by atoms with van der Waals surface area (Å²) in [5.74, 6) is 1.26. The Morgan fingerprint density at radius 3 is 2.27 bits per heavy atom. The highest BCUT2D eigenvalue weighted by Gasteiger charge is 2.45. The standard InChI is InChI=1S/C22H19NO2S/c24-21(23-14-22(10-11-22)15-9-12-26-13-15)20-16-5-1-3-7-18(16)25-19-8-4-2-6-17(19)20/h1-9,12-13,20H,10-11,14H2,(H,23,24). The van der Waals surface area contributed by atoms with Gasteiger partial charge in [-0.25, -0.2) is 0 Å². The van der Waals surface area contributed by atoms with Crippen molar-refractivity contribution in [3.05, 3.63) is 82.0 Å². The lowest BCUT2D eigenvalue weighted by Crippen LogP contribution is -2.36. The Kier molecular flexibility index (Phi) is 3.61. The van der Waals surface area contributed by atoms with Crippen molar-refractivity contribution in [2.75, 3.05) is 6.54 Å². The molecular weight excluding hydrogens is 342 g/mol. The summed E-state index contributed by atoms with van der Waals surface area (Å²) in [6, 6.07) is 17.8. The molecule has 26 heavy (non-hydrogen) atoms. The van der Waals surface area contributed by atoms with Crippen LogP contribution in [-0.4, -0.2) is 12.5 Å². The fraction of sp³-hybridized carbons (Fsp3) is 0.227. The van der Waals surface area contributed by atoms with E-state index in [1.807, 2.05) is 48.5 Å². The number of fused-ring (bicyclic) bond motifs is 2. The third-order valence-corrected chi connectivity index (χ3v) is 6.21. The lowest BCUT2D eigenvalue weighted by molar-refractivity contribution is -0.121. The van der Waals surface area contributed by atoms with Crippen LogP contribution >= 0.6 is 11.3 Å². The molecule has 2 heterocycles. The van der Waals surface area contributed by atoms with Crippen molar-refractivity contribution in [2.24, 2.45) is 0 Å². The molecule has 2 aliphatic rings. The Morgan fingerprint density at radius 1 is 1.04 bits per heavy atom. The smallest absolute Gasteiger partial charge is 0.232 e. The normalized spacial score (nSPS) is 16.9. The van der Waals surface area contributed by atoms with Crippen LogP contribution in [0.3, 0.4) is 0 Å². The van der Waals surface area contributed by atoms with E-state index in [1.54, 1.807) is 11.3 Å². The quantitative estimate of drug-likeness (QED) is 0.722. The fourth-order valence-corrected chi connectivity index (χ4v) is 4.61. The minimum atomic E-state index is -0.325. The van der Waals surface area contributed by atoms with E-state index in [9.17, 15) is 4.79 Å². The summed E-state index contributed by atoms with van der Waals surface area (Å²) in [6.45, 7) is 0.699. The number of para-hydroxylation sites is 2. The molecule has 3 aromatic rings. The first-order valence-corrected chi connectivity index (χ1v) is 9.87. The molecule has 1 aliphatic heterocycles. The molecule has 0 radical (unpaired) electrons. The first kappa shape index (κ1) is 15.6. The topological polar surface area (TPSA) is 38.3 Å². The number of hydrogen-bond donors (Lipinski definition) is 1. The molecule has 130 valence electrons. The fourth-order valence-electron chi connectivity index (χ4n) is 3.84. The van der Waals surface area contributed by atoms with Gasteiger partial charge in [-0.2, -0.15) is 11.3 Å². The average molecular weight is 361 g/mol. The maximum Gasteiger partial charge on any atom is 0.232 e. The SMILES string of the molecule is O=C(NCC1(c2ccsc2)CC1)C1c2ccccc2Oc2ccccc21. The zero-order chi connectivity index (χ0) is 17.6. The second kappa shape index (κ2) is 5.99. The molecule has 2 aromatic carbocycles. The number of hydrogen-bond acceptors (Lipinski definition) is 3. The number of rotatable bonds is 4. The predicted molar refractivity (Wildman–Crippen MR) is 103 cm³/mol. The minimum Gasteiger partial charge on any atom is -0.457 e. The Bertz CT molecular complexity index is 914. The molecule has 5 rings (SSSR count). The number of carbonyl (C=O) groups is 1. The summed E-state index contributed by atoms with van der Waals surface area (Å²) in [4.78, 5) is 13.2. The lowest BCUT2D eigenvalue weighted by Gasteiger charge is -2.28. The summed E-state index contributed by atoms with van der Waals surface area (Å²) >= 11 is 1.72. The van der Waals surface area contributed by atoms with Gasteiger partial charge in [0.25, 0.3) is 0 Å². The Balaban J connectivity index is 1.43. The highest BCUT2D eigenvalue weighted by molar-refractivity contribution is 7.08. The third-order valence-electron chi connectivity index (χ3n) is 5.53. The van der Waals surface area contributed by atoms with Gasteiger partial charge in [0.05, 0.1) is 5.92 Å². The van der Waals surface area contributed by atoms with E-state index in [-0.39, 0.29) is 17.2 Å². The first-order chi connectivity index (χ1) is 12.8. The van der Waals surface area contributed by atoms with E-state index in [1.165, 1.54) is 5.56 Å². The Hall–Kier alpha value is -2.59. The van der Waals surface area contributed by atoms with Gasteiger partial charge in [0.2, 0.25) is 5.91 Å². The highest BCUT2D eigenvalue weighted by Crippen LogP contribution is 2.49. The zero-order valence-corrected chi connectivity index (χ0v) is 15.1. The molecule has 1 aromatic heterocycles. The summed E-state index contributed by atoms with van der Waals surface area (Å²) < 4.78 is 6.00. The van der Waals surface area contributed by atoms with Gasteiger partial charge in [-0.1, -0.05) is 36.4 Å². The Morgan fingerprint density at radius 2 is 1.69 bits per heavy atom. The van der Waals surface area contributed by atoms with E-state index in [4.69, 9.17) is 4.74 Å². The van der Waals surface area contributed by atoms with Crippen molar-refractivity contribution < 1.29 is 9.53 Å². The van der Waals surface area contributed by atoms with Gasteiger partial charge in [-0.05, 0) is 47.4 Å². The molecule has 0 spiro atoms. The molecule has 1 N–H and O–H groups in total. The molecule has 0 unspecified atom stereocenters. The molecule has 3 nitrogen and oxygen atoms in total. The second-order valence-electron chi connectivity index (χ2n) is 7.12. The minimum absolute atomic E-state index is 0.0507. The second-order valence-corrected chi connectivity index (χ2v) is 7.90. The molecule has 0 bridgehead atoms. The molecule has 4 heteroatoms. The van der Waals surface area contributed by atoms with Crippen LogP contribution in [0.4, 0.5) is 0 Å². The van der Waals surface area contributed by atoms with Crippen molar-refractivity contribution in [2.45, 2.75) is 24.2 Å². The summed E-state index contributed by atoms with van der Waals surface area (Å²) in [5.41, 5.74) is 3.36.